The van der Waals surface area contributed by atoms with Crippen molar-refractivity contribution in [1.82, 2.24) is 10.0 Å². The number of amidine groups is 1. The Kier molecular flexibility index (Phi) is 6.30. The molecule has 33 heavy (non-hydrogen) atoms. The van der Waals surface area contributed by atoms with E-state index in [2.05, 4.69) is 26.8 Å². The standard InChI is InChI=1S/C25H29Cl2N3O2S/c1-13(2)16-12-17-14(3)10-18(16)22-21(17)23(31)30(24(22)32)29-8-4-5-9-33-25(29)28-15-6-7-19(26)20(27)11-15/h6-7,10-11,13,16-18,21-22H,4-5,8-9,12H2,1-3H3/t16-,17+,18+,21?,22?/m1/s1. The van der Waals surface area contributed by atoms with Gasteiger partial charge in [-0.3, -0.25) is 14.6 Å². The Morgan fingerprint density at radius 1 is 1.09 bits per heavy atom. The summed E-state index contributed by atoms with van der Waals surface area (Å²) in [6, 6.07) is 5.24. The lowest BCUT2D eigenvalue weighted by atomic mass is 9.54. The molecule has 2 bridgehead atoms. The second-order valence-electron chi connectivity index (χ2n) is 9.95. The summed E-state index contributed by atoms with van der Waals surface area (Å²) >= 11 is 13.9. The normalized spacial score (nSPS) is 33.1. The van der Waals surface area contributed by atoms with Crippen molar-refractivity contribution in [2.24, 2.45) is 40.5 Å². The van der Waals surface area contributed by atoms with E-state index in [1.807, 2.05) is 5.01 Å². The second kappa shape index (κ2) is 8.94. The lowest BCUT2D eigenvalue weighted by Crippen LogP contribution is -2.49. The Balaban J connectivity index is 1.51. The maximum atomic E-state index is 13.9. The Morgan fingerprint density at radius 2 is 1.85 bits per heavy atom. The topological polar surface area (TPSA) is 53.0 Å². The molecule has 0 spiro atoms. The van der Waals surface area contributed by atoms with Crippen LogP contribution in [0.1, 0.15) is 40.0 Å². The Bertz CT molecular complexity index is 1060. The van der Waals surface area contributed by atoms with E-state index in [1.54, 1.807) is 30.0 Å². The summed E-state index contributed by atoms with van der Waals surface area (Å²) < 4.78 is 0. The molecule has 176 valence electrons. The lowest BCUT2D eigenvalue weighted by Gasteiger charge is -2.48. The number of imide groups is 1. The van der Waals surface area contributed by atoms with E-state index in [4.69, 9.17) is 28.2 Å². The Labute approximate surface area is 209 Å². The van der Waals surface area contributed by atoms with Crippen molar-refractivity contribution in [1.29, 1.82) is 0 Å². The smallest absolute Gasteiger partial charge is 0.252 e. The fourth-order valence-electron chi connectivity index (χ4n) is 6.10. The third-order valence-corrected chi connectivity index (χ3v) is 9.52. The van der Waals surface area contributed by atoms with Gasteiger partial charge in [0, 0.05) is 12.3 Å². The van der Waals surface area contributed by atoms with Crippen LogP contribution in [0.3, 0.4) is 0 Å². The van der Waals surface area contributed by atoms with E-state index < -0.39 is 0 Å². The van der Waals surface area contributed by atoms with E-state index in [9.17, 15) is 9.59 Å². The van der Waals surface area contributed by atoms with Crippen LogP contribution in [0.2, 0.25) is 10.0 Å². The molecule has 6 rings (SSSR count). The van der Waals surface area contributed by atoms with Crippen LogP contribution >= 0.6 is 35.0 Å². The van der Waals surface area contributed by atoms with Crippen LogP contribution in [0.25, 0.3) is 0 Å². The van der Waals surface area contributed by atoms with Gasteiger partial charge in [-0.25, -0.2) is 4.99 Å². The maximum Gasteiger partial charge on any atom is 0.252 e. The third kappa shape index (κ3) is 3.92. The highest BCUT2D eigenvalue weighted by molar-refractivity contribution is 8.13. The monoisotopic (exact) mass is 505 g/mol. The van der Waals surface area contributed by atoms with Gasteiger partial charge >= 0.3 is 0 Å². The number of amides is 2. The lowest BCUT2D eigenvalue weighted by molar-refractivity contribution is -0.152. The van der Waals surface area contributed by atoms with Crippen molar-refractivity contribution in [3.05, 3.63) is 39.9 Å². The minimum atomic E-state index is -0.258. The molecule has 5 nitrogen and oxygen atoms in total. The van der Waals surface area contributed by atoms with Crippen LogP contribution in [-0.2, 0) is 9.59 Å². The number of carbonyl (C=O) groups is 2. The zero-order valence-corrected chi connectivity index (χ0v) is 21.5. The summed E-state index contributed by atoms with van der Waals surface area (Å²) in [5.74, 6) is 1.49. The summed E-state index contributed by atoms with van der Waals surface area (Å²) in [6.07, 6.45) is 5.19. The van der Waals surface area contributed by atoms with Crippen LogP contribution in [-0.4, -0.2) is 39.3 Å². The van der Waals surface area contributed by atoms with E-state index in [1.165, 1.54) is 10.6 Å². The number of aliphatic imine (C=N–C) groups is 1. The molecule has 5 atom stereocenters. The van der Waals surface area contributed by atoms with E-state index in [0.717, 1.165) is 25.0 Å². The van der Waals surface area contributed by atoms with E-state index in [-0.39, 0.29) is 35.5 Å². The van der Waals surface area contributed by atoms with Crippen molar-refractivity contribution < 1.29 is 9.59 Å². The first-order valence-corrected chi connectivity index (χ1v) is 13.5. The number of carbonyl (C=O) groups excluding carboxylic acids is 2. The van der Waals surface area contributed by atoms with Crippen molar-refractivity contribution in [3.8, 4) is 0 Å². The highest BCUT2D eigenvalue weighted by atomic mass is 35.5. The van der Waals surface area contributed by atoms with Gasteiger partial charge in [0.25, 0.3) is 11.8 Å². The predicted molar refractivity (Wildman–Crippen MR) is 134 cm³/mol. The van der Waals surface area contributed by atoms with Crippen molar-refractivity contribution in [3.63, 3.8) is 0 Å². The SMILES string of the molecule is CC1=C[C@@H]2C3C(=O)N(N4CCCCSC4=Nc4ccc(Cl)c(Cl)c4)C(=O)C3[C@H]1C[C@@H]2C(C)C. The van der Waals surface area contributed by atoms with Crippen LogP contribution < -0.4 is 0 Å². The molecule has 0 aromatic heterocycles. The van der Waals surface area contributed by atoms with E-state index in [0.29, 0.717) is 39.3 Å². The second-order valence-corrected chi connectivity index (χ2v) is 11.8. The van der Waals surface area contributed by atoms with Gasteiger partial charge in [-0.05, 0) is 68.1 Å². The average molecular weight is 506 g/mol. The first-order chi connectivity index (χ1) is 15.8. The van der Waals surface area contributed by atoms with Gasteiger partial charge in [0.15, 0.2) is 5.17 Å². The maximum absolute atomic E-state index is 13.9. The molecule has 2 unspecified atom stereocenters. The molecule has 2 amide bonds. The van der Waals surface area contributed by atoms with Crippen LogP contribution in [0.4, 0.5) is 5.69 Å². The molecule has 5 aliphatic rings. The number of allylic oxidation sites excluding steroid dienone is 2. The number of hydrogen-bond donors (Lipinski definition) is 0. The fraction of sp³-hybridized carbons (Fsp3) is 0.560. The van der Waals surface area contributed by atoms with Gasteiger partial charge in [-0.2, -0.15) is 5.01 Å². The molecule has 3 aliphatic carbocycles. The molecule has 2 aliphatic heterocycles. The quantitative estimate of drug-likeness (QED) is 0.362. The van der Waals surface area contributed by atoms with Gasteiger partial charge in [0.1, 0.15) is 0 Å². The van der Waals surface area contributed by atoms with Crippen LogP contribution in [0.5, 0.6) is 0 Å². The highest BCUT2D eigenvalue weighted by Gasteiger charge is 2.62. The minimum absolute atomic E-state index is 0.0565. The number of thioether (sulfide) groups is 1. The van der Waals surface area contributed by atoms with Gasteiger partial charge in [-0.15, -0.1) is 0 Å². The number of rotatable bonds is 3. The molecule has 1 saturated carbocycles. The van der Waals surface area contributed by atoms with E-state index >= 15 is 0 Å². The number of hydrazine groups is 1. The number of benzene rings is 1. The van der Waals surface area contributed by atoms with Crippen LogP contribution in [0.15, 0.2) is 34.8 Å². The molecule has 1 aromatic carbocycles. The Morgan fingerprint density at radius 3 is 2.58 bits per heavy atom. The molecule has 0 N–H and O–H groups in total. The summed E-state index contributed by atoms with van der Waals surface area (Å²) in [5, 5.41) is 4.85. The van der Waals surface area contributed by atoms with Crippen LogP contribution in [0, 0.1) is 35.5 Å². The molecule has 0 radical (unpaired) electrons. The molecule has 8 heteroatoms. The Hall–Kier alpha value is -1.50. The van der Waals surface area contributed by atoms with Crippen molar-refractivity contribution >= 4 is 57.6 Å². The van der Waals surface area contributed by atoms with Gasteiger partial charge in [0.05, 0.1) is 27.6 Å². The molecule has 3 fully saturated rings. The predicted octanol–water partition coefficient (Wildman–Crippen LogP) is 6.19. The third-order valence-electron chi connectivity index (χ3n) is 7.73. The largest absolute Gasteiger partial charge is 0.272 e. The fourth-order valence-corrected chi connectivity index (χ4v) is 7.42. The number of halogens is 2. The zero-order valence-electron chi connectivity index (χ0n) is 19.1. The molecule has 2 saturated heterocycles. The number of hydrogen-bond acceptors (Lipinski definition) is 4. The van der Waals surface area contributed by atoms with Gasteiger partial charge in [0.2, 0.25) is 0 Å². The van der Waals surface area contributed by atoms with Crippen molar-refractivity contribution in [2.45, 2.75) is 40.0 Å². The number of fused-ring (bicyclic) bond motifs is 1. The summed E-state index contributed by atoms with van der Waals surface area (Å²) in [4.78, 5) is 32.5. The van der Waals surface area contributed by atoms with Gasteiger partial charge in [-0.1, -0.05) is 60.5 Å². The number of nitrogens with zero attached hydrogens (tertiary/aromatic N) is 3. The summed E-state index contributed by atoms with van der Waals surface area (Å²) in [5.41, 5.74) is 1.93. The average Bonchev–Trinajstić information content (AvgIpc) is 2.91. The van der Waals surface area contributed by atoms with Gasteiger partial charge < -0.3 is 0 Å². The summed E-state index contributed by atoms with van der Waals surface area (Å²) in [7, 11) is 0. The molecular weight excluding hydrogens is 477 g/mol. The van der Waals surface area contributed by atoms with Crippen molar-refractivity contribution in [2.75, 3.05) is 12.3 Å². The molecular formula is C25H29Cl2N3O2S. The summed E-state index contributed by atoms with van der Waals surface area (Å²) in [6.45, 7) is 7.19. The highest BCUT2D eigenvalue weighted by Crippen LogP contribution is 2.56. The first-order valence-electron chi connectivity index (χ1n) is 11.8. The molecule has 2 heterocycles. The first kappa shape index (κ1) is 23.3. The minimum Gasteiger partial charge on any atom is -0.272 e. The zero-order chi connectivity index (χ0) is 23.4. The molecule has 1 aromatic rings.